The predicted octanol–water partition coefficient (Wildman–Crippen LogP) is 2.91. The van der Waals surface area contributed by atoms with Crippen molar-refractivity contribution in [2.45, 2.75) is 18.6 Å². The summed E-state index contributed by atoms with van der Waals surface area (Å²) in [5.74, 6) is 0.404. The minimum Gasteiger partial charge on any atom is -0.379 e. The number of nitrogens with one attached hydrogen (secondary N) is 1. The molecule has 0 atom stereocenters. The molecule has 1 saturated heterocycles. The molecule has 2 aromatic heterocycles. The SMILES string of the molecule is Cc1csc(NC(=O)CSc2nnc(-c3ccc(F)cc3)n2CCN2CCOCC2)n1. The highest BCUT2D eigenvalue weighted by Crippen LogP contribution is 2.25. The van der Waals surface area contributed by atoms with Gasteiger partial charge in [-0.05, 0) is 31.2 Å². The number of aryl methyl sites for hydroxylation is 1. The fourth-order valence-electron chi connectivity index (χ4n) is 3.17. The molecule has 1 aromatic carbocycles. The van der Waals surface area contributed by atoms with Gasteiger partial charge in [0.15, 0.2) is 16.1 Å². The van der Waals surface area contributed by atoms with Gasteiger partial charge in [-0.2, -0.15) is 0 Å². The van der Waals surface area contributed by atoms with Gasteiger partial charge in [0.2, 0.25) is 5.91 Å². The van der Waals surface area contributed by atoms with E-state index in [9.17, 15) is 9.18 Å². The third-order valence-corrected chi connectivity index (χ3v) is 6.60. The van der Waals surface area contributed by atoms with Crippen LogP contribution in [0, 0.1) is 12.7 Å². The highest BCUT2D eigenvalue weighted by molar-refractivity contribution is 7.99. The molecule has 31 heavy (non-hydrogen) atoms. The number of thioether (sulfide) groups is 1. The van der Waals surface area contributed by atoms with Crippen molar-refractivity contribution in [1.82, 2.24) is 24.6 Å². The van der Waals surface area contributed by atoms with E-state index in [-0.39, 0.29) is 17.5 Å². The van der Waals surface area contributed by atoms with Crippen LogP contribution in [-0.4, -0.2) is 69.2 Å². The van der Waals surface area contributed by atoms with Gasteiger partial charge in [-0.3, -0.25) is 9.69 Å². The molecule has 0 aliphatic carbocycles. The van der Waals surface area contributed by atoms with E-state index in [1.807, 2.05) is 16.9 Å². The van der Waals surface area contributed by atoms with Crippen molar-refractivity contribution >= 4 is 34.1 Å². The fraction of sp³-hybridized carbons (Fsp3) is 0.400. The van der Waals surface area contributed by atoms with Crippen molar-refractivity contribution in [2.75, 3.05) is 43.9 Å². The summed E-state index contributed by atoms with van der Waals surface area (Å²) in [6.07, 6.45) is 0. The van der Waals surface area contributed by atoms with Crippen molar-refractivity contribution in [3.05, 3.63) is 41.2 Å². The van der Waals surface area contributed by atoms with Crippen molar-refractivity contribution in [1.29, 1.82) is 0 Å². The second-order valence-electron chi connectivity index (χ2n) is 7.05. The van der Waals surface area contributed by atoms with Gasteiger partial charge in [0.25, 0.3) is 0 Å². The number of anilines is 1. The smallest absolute Gasteiger partial charge is 0.236 e. The van der Waals surface area contributed by atoms with Gasteiger partial charge in [-0.15, -0.1) is 21.5 Å². The first-order valence-electron chi connectivity index (χ1n) is 9.92. The number of ether oxygens (including phenoxy) is 1. The largest absolute Gasteiger partial charge is 0.379 e. The van der Waals surface area contributed by atoms with Gasteiger partial charge in [-0.25, -0.2) is 9.37 Å². The maximum absolute atomic E-state index is 13.4. The maximum atomic E-state index is 13.4. The van der Waals surface area contributed by atoms with E-state index in [4.69, 9.17) is 4.74 Å². The van der Waals surface area contributed by atoms with Gasteiger partial charge in [0.05, 0.1) is 24.7 Å². The standard InChI is InChI=1S/C20H23FN6O2S2/c1-14-12-30-19(22-14)23-17(28)13-31-20-25-24-18(15-2-4-16(21)5-3-15)27(20)7-6-26-8-10-29-11-9-26/h2-5,12H,6-11,13H2,1H3,(H,22,23,28). The van der Waals surface area contributed by atoms with E-state index >= 15 is 0 Å². The second-order valence-corrected chi connectivity index (χ2v) is 8.85. The lowest BCUT2D eigenvalue weighted by Crippen LogP contribution is -2.38. The first-order valence-corrected chi connectivity index (χ1v) is 11.8. The molecule has 3 heterocycles. The van der Waals surface area contributed by atoms with E-state index in [0.29, 0.717) is 22.7 Å². The Labute approximate surface area is 187 Å². The number of morpholine rings is 1. The number of carbonyl (C=O) groups is 1. The predicted molar refractivity (Wildman–Crippen MR) is 119 cm³/mol. The highest BCUT2D eigenvalue weighted by atomic mass is 32.2. The molecule has 8 nitrogen and oxygen atoms in total. The normalized spacial score (nSPS) is 14.6. The number of nitrogens with zero attached hydrogens (tertiary/aromatic N) is 5. The molecule has 164 valence electrons. The zero-order chi connectivity index (χ0) is 21.6. The zero-order valence-corrected chi connectivity index (χ0v) is 18.7. The average Bonchev–Trinajstić information content (AvgIpc) is 3.37. The van der Waals surface area contributed by atoms with Gasteiger partial charge < -0.3 is 14.6 Å². The molecule has 1 amide bonds. The molecule has 1 N–H and O–H groups in total. The van der Waals surface area contributed by atoms with Gasteiger partial charge in [-0.1, -0.05) is 11.8 Å². The first-order chi connectivity index (χ1) is 15.1. The minimum absolute atomic E-state index is 0.148. The van der Waals surface area contributed by atoms with Crippen molar-refractivity contribution in [3.8, 4) is 11.4 Å². The van der Waals surface area contributed by atoms with E-state index < -0.39 is 0 Å². The summed E-state index contributed by atoms with van der Waals surface area (Å²) in [4.78, 5) is 18.9. The Balaban J connectivity index is 1.47. The third-order valence-electron chi connectivity index (χ3n) is 4.76. The molecule has 0 unspecified atom stereocenters. The summed E-state index contributed by atoms with van der Waals surface area (Å²) in [7, 11) is 0. The minimum atomic E-state index is -0.299. The van der Waals surface area contributed by atoms with Crippen LogP contribution in [0.25, 0.3) is 11.4 Å². The Morgan fingerprint density at radius 3 is 2.71 bits per heavy atom. The summed E-state index contributed by atoms with van der Waals surface area (Å²) < 4.78 is 20.8. The molecule has 1 fully saturated rings. The van der Waals surface area contributed by atoms with Crippen LogP contribution in [0.3, 0.4) is 0 Å². The fourth-order valence-corrected chi connectivity index (χ4v) is 4.64. The lowest BCUT2D eigenvalue weighted by Gasteiger charge is -2.27. The Morgan fingerprint density at radius 1 is 1.23 bits per heavy atom. The van der Waals surface area contributed by atoms with Crippen LogP contribution in [0.2, 0.25) is 0 Å². The number of benzene rings is 1. The van der Waals surface area contributed by atoms with Crippen LogP contribution in [0.1, 0.15) is 5.69 Å². The molecule has 0 saturated carbocycles. The summed E-state index contributed by atoms with van der Waals surface area (Å²) in [6, 6.07) is 6.20. The molecular formula is C20H23FN6O2S2. The van der Waals surface area contributed by atoms with Gasteiger partial charge in [0.1, 0.15) is 5.82 Å². The number of aromatic nitrogens is 4. The van der Waals surface area contributed by atoms with E-state index in [2.05, 4.69) is 25.4 Å². The topological polar surface area (TPSA) is 85.2 Å². The number of rotatable bonds is 8. The number of hydrogen-bond donors (Lipinski definition) is 1. The molecule has 0 bridgehead atoms. The molecule has 1 aliphatic heterocycles. The molecule has 1 aliphatic rings. The van der Waals surface area contributed by atoms with Gasteiger partial charge >= 0.3 is 0 Å². The number of carbonyl (C=O) groups excluding carboxylic acids is 1. The number of halogens is 1. The molecule has 4 rings (SSSR count). The summed E-state index contributed by atoms with van der Waals surface area (Å²) in [5, 5.41) is 14.6. The Hall–Kier alpha value is -2.34. The molecule has 3 aromatic rings. The summed E-state index contributed by atoms with van der Waals surface area (Å²) >= 11 is 2.72. The Morgan fingerprint density at radius 2 is 2.00 bits per heavy atom. The molecular weight excluding hydrogens is 439 g/mol. The van der Waals surface area contributed by atoms with Crippen molar-refractivity contribution < 1.29 is 13.9 Å². The Bertz CT molecular complexity index is 1020. The maximum Gasteiger partial charge on any atom is 0.236 e. The molecule has 0 radical (unpaired) electrons. The van der Waals surface area contributed by atoms with Crippen LogP contribution < -0.4 is 5.32 Å². The first kappa shape index (κ1) is 21.9. The number of hydrogen-bond acceptors (Lipinski definition) is 8. The van der Waals surface area contributed by atoms with E-state index in [1.165, 1.54) is 35.2 Å². The van der Waals surface area contributed by atoms with Crippen LogP contribution in [0.15, 0.2) is 34.8 Å². The lowest BCUT2D eigenvalue weighted by molar-refractivity contribution is -0.113. The van der Waals surface area contributed by atoms with Gasteiger partial charge in [0, 0.05) is 37.1 Å². The van der Waals surface area contributed by atoms with Crippen molar-refractivity contribution in [3.63, 3.8) is 0 Å². The number of thiazole rings is 1. The third kappa shape index (κ3) is 5.88. The quantitative estimate of drug-likeness (QED) is 0.515. The molecule has 11 heteroatoms. The van der Waals surface area contributed by atoms with Crippen molar-refractivity contribution in [2.24, 2.45) is 0 Å². The highest BCUT2D eigenvalue weighted by Gasteiger charge is 2.18. The number of amides is 1. The Kier molecular flexibility index (Phi) is 7.28. The second kappa shape index (κ2) is 10.3. The van der Waals surface area contributed by atoms with Crippen LogP contribution in [0.4, 0.5) is 9.52 Å². The average molecular weight is 463 g/mol. The monoisotopic (exact) mass is 462 g/mol. The summed E-state index contributed by atoms with van der Waals surface area (Å²) in [5.41, 5.74) is 1.66. The summed E-state index contributed by atoms with van der Waals surface area (Å²) in [6.45, 7) is 6.58. The van der Waals surface area contributed by atoms with E-state index in [1.54, 1.807) is 12.1 Å². The van der Waals surface area contributed by atoms with Crippen LogP contribution in [-0.2, 0) is 16.1 Å². The van der Waals surface area contributed by atoms with Crippen LogP contribution in [0.5, 0.6) is 0 Å². The lowest BCUT2D eigenvalue weighted by atomic mass is 10.2. The van der Waals surface area contributed by atoms with E-state index in [0.717, 1.165) is 44.1 Å². The van der Waals surface area contributed by atoms with Crippen LogP contribution >= 0.6 is 23.1 Å². The zero-order valence-electron chi connectivity index (χ0n) is 17.1. The molecule has 0 spiro atoms.